The van der Waals surface area contributed by atoms with Crippen LogP contribution >= 0.6 is 11.8 Å². The Morgan fingerprint density at radius 3 is 1.35 bits per heavy atom. The first-order valence-corrected chi connectivity index (χ1v) is 10.4. The molecular weight excluding hydrogens is 574 g/mol. The van der Waals surface area contributed by atoms with Crippen LogP contribution in [0.2, 0.25) is 0 Å². The molecule has 0 aliphatic carbocycles. The molecule has 0 heterocycles. The van der Waals surface area contributed by atoms with E-state index in [1.165, 1.54) is 18.8 Å². The average Bonchev–Trinajstić information content (AvgIpc) is 2.78. The molecule has 0 saturated heterocycles. The number of amides is 1. The fourth-order valence-corrected chi connectivity index (χ4v) is 5.14. The zero-order chi connectivity index (χ0) is 21.6. The van der Waals surface area contributed by atoms with Gasteiger partial charge in [-0.3, -0.25) is 4.90 Å². The van der Waals surface area contributed by atoms with E-state index in [0.717, 1.165) is 21.6 Å². The molecule has 0 aromatic heterocycles. The molecule has 34 heavy (non-hydrogen) atoms. The fourth-order valence-electron chi connectivity index (χ4n) is 3.45. The minimum absolute atomic E-state index is 0. The fraction of sp³-hybridized carbons (Fsp3) is 0.148. The second-order valence-electron chi connectivity index (χ2n) is 6.84. The van der Waals surface area contributed by atoms with Gasteiger partial charge in [0.1, 0.15) is 6.04 Å². The SMILES string of the molecule is CN(C(=O)O)[C@@H](CSC(c1ccccc1)(c1ccccc1)c1ccccc1)C(=O)O.[CH3-].[CH3-].[CH3-].[Ce+3]. The zero-order valence-corrected chi connectivity index (χ0v) is 24.0. The summed E-state index contributed by atoms with van der Waals surface area (Å²) < 4.78 is -0.698. The second kappa shape index (κ2) is 15.9. The van der Waals surface area contributed by atoms with Crippen molar-refractivity contribution in [3.8, 4) is 0 Å². The third-order valence-electron chi connectivity index (χ3n) is 5.05. The van der Waals surface area contributed by atoms with Crippen LogP contribution in [-0.2, 0) is 9.54 Å². The molecule has 1 atom stereocenters. The van der Waals surface area contributed by atoms with Crippen LogP contribution in [-0.4, -0.2) is 46.0 Å². The Kier molecular flexibility index (Phi) is 16.1. The molecule has 0 unspecified atom stereocenters. The Morgan fingerprint density at radius 2 is 1.09 bits per heavy atom. The summed E-state index contributed by atoms with van der Waals surface area (Å²) in [5.74, 6) is -1.09. The maximum absolute atomic E-state index is 11.9. The van der Waals surface area contributed by atoms with Gasteiger partial charge in [0.25, 0.3) is 0 Å². The summed E-state index contributed by atoms with van der Waals surface area (Å²) in [6, 6.07) is 28.5. The first-order chi connectivity index (χ1) is 14.5. The standard InChI is InChI=1S/C24H23NO4S.3CH3.Ce/c1-25(23(28)29)21(22(26)27)17-30-24(18-11-5-2-6-12-18,19-13-7-3-8-14-19)20-15-9-4-10-16-20;;;;/h2-16,21H,17H2,1H3,(H,26,27)(H,28,29);3*1H3;/q;3*-1;+3/t21-;;;;/m0..../s1. The van der Waals surface area contributed by atoms with Crippen LogP contribution in [0.4, 0.5) is 4.79 Å². The van der Waals surface area contributed by atoms with Crippen molar-refractivity contribution in [3.63, 3.8) is 0 Å². The summed E-state index contributed by atoms with van der Waals surface area (Å²) in [5, 5.41) is 19.0. The van der Waals surface area contributed by atoms with E-state index in [1.54, 1.807) is 0 Å². The van der Waals surface area contributed by atoms with E-state index in [9.17, 15) is 19.8 Å². The molecule has 0 aliphatic rings. The van der Waals surface area contributed by atoms with Crippen molar-refractivity contribution in [1.82, 2.24) is 4.90 Å². The summed E-state index contributed by atoms with van der Waals surface area (Å²) in [4.78, 5) is 24.1. The summed E-state index contributed by atoms with van der Waals surface area (Å²) >= 11 is 1.42. The van der Waals surface area contributed by atoms with Gasteiger partial charge < -0.3 is 32.5 Å². The quantitative estimate of drug-likeness (QED) is 0.239. The van der Waals surface area contributed by atoms with Crippen LogP contribution in [0.5, 0.6) is 0 Å². The number of nitrogens with zero attached hydrogens (tertiary/aromatic N) is 1. The number of carboxylic acids is 1. The van der Waals surface area contributed by atoms with Gasteiger partial charge in [0.05, 0.1) is 4.75 Å². The Balaban J connectivity index is 0. The van der Waals surface area contributed by atoms with Crippen molar-refractivity contribution in [2.45, 2.75) is 10.8 Å². The Hall–Kier alpha value is -1.87. The summed E-state index contributed by atoms with van der Waals surface area (Å²) in [7, 11) is 1.29. The minimum atomic E-state index is -1.27. The second-order valence-corrected chi connectivity index (χ2v) is 8.07. The van der Waals surface area contributed by atoms with E-state index in [2.05, 4.69) is 0 Å². The van der Waals surface area contributed by atoms with Gasteiger partial charge in [-0.25, -0.2) is 9.59 Å². The van der Waals surface area contributed by atoms with E-state index < -0.39 is 22.9 Å². The third-order valence-corrected chi connectivity index (χ3v) is 6.68. The van der Waals surface area contributed by atoms with Crippen molar-refractivity contribution < 1.29 is 61.5 Å². The van der Waals surface area contributed by atoms with E-state index in [4.69, 9.17) is 0 Å². The molecule has 0 spiro atoms. The Morgan fingerprint density at radius 1 is 0.765 bits per heavy atom. The van der Waals surface area contributed by atoms with Crippen LogP contribution < -0.4 is 0 Å². The molecule has 0 aliphatic heterocycles. The molecule has 5 nitrogen and oxygen atoms in total. The number of aliphatic carboxylic acids is 1. The van der Waals surface area contributed by atoms with Crippen LogP contribution in [0.15, 0.2) is 91.0 Å². The van der Waals surface area contributed by atoms with Gasteiger partial charge in [0, 0.05) is 12.8 Å². The van der Waals surface area contributed by atoms with Crippen molar-refractivity contribution in [2.75, 3.05) is 12.8 Å². The number of rotatable bonds is 8. The summed E-state index contributed by atoms with van der Waals surface area (Å²) in [6.07, 6.45) is -1.27. The molecule has 0 saturated carbocycles. The molecule has 1 radical (unpaired) electrons. The number of carbonyl (C=O) groups is 2. The molecule has 3 rings (SSSR count). The summed E-state index contributed by atoms with van der Waals surface area (Å²) in [6.45, 7) is 0. The molecule has 3 aromatic rings. The number of hydrogen-bond donors (Lipinski definition) is 2. The maximum atomic E-state index is 11.9. The van der Waals surface area contributed by atoms with Gasteiger partial charge in [0.2, 0.25) is 0 Å². The predicted octanol–water partition coefficient (Wildman–Crippen LogP) is 6.13. The smallest absolute Gasteiger partial charge is 0.480 e. The number of benzene rings is 3. The van der Waals surface area contributed by atoms with Gasteiger partial charge >= 0.3 is 53.8 Å². The molecule has 0 fully saturated rings. The van der Waals surface area contributed by atoms with Crippen molar-refractivity contribution in [1.29, 1.82) is 0 Å². The zero-order valence-electron chi connectivity index (χ0n) is 20.0. The Bertz CT molecular complexity index is 891. The van der Waals surface area contributed by atoms with Crippen LogP contribution in [0, 0.1) is 64.0 Å². The van der Waals surface area contributed by atoms with Crippen molar-refractivity contribution in [3.05, 3.63) is 130 Å². The molecule has 7 heteroatoms. The van der Waals surface area contributed by atoms with Gasteiger partial charge in [-0.05, 0) is 16.7 Å². The molecule has 1 amide bonds. The normalized spacial score (nSPS) is 10.7. The van der Waals surface area contributed by atoms with E-state index in [0.29, 0.717) is 0 Å². The van der Waals surface area contributed by atoms with Crippen molar-refractivity contribution in [2.24, 2.45) is 0 Å². The first-order valence-electron chi connectivity index (χ1n) is 9.46. The number of likely N-dealkylation sites (N-methyl/N-ethyl adjacent to an activating group) is 1. The topological polar surface area (TPSA) is 77.8 Å². The molecule has 0 bridgehead atoms. The van der Waals surface area contributed by atoms with Crippen molar-refractivity contribution >= 4 is 23.8 Å². The predicted molar refractivity (Wildman–Crippen MR) is 138 cm³/mol. The van der Waals surface area contributed by atoms with Crippen LogP contribution in [0.1, 0.15) is 16.7 Å². The average molecular weight is 607 g/mol. The molecular formula is C27H32CeNO4S. The molecule has 2 N–H and O–H groups in total. The van der Waals surface area contributed by atoms with Gasteiger partial charge in [-0.2, -0.15) is 0 Å². The maximum Gasteiger partial charge on any atom is 3.00 e. The van der Waals surface area contributed by atoms with Crippen LogP contribution in [0.25, 0.3) is 0 Å². The van der Waals surface area contributed by atoms with Gasteiger partial charge in [0.15, 0.2) is 0 Å². The molecule has 3 aromatic carbocycles. The van der Waals surface area contributed by atoms with E-state index in [1.807, 2.05) is 91.0 Å². The Labute approximate surface area is 242 Å². The van der Waals surface area contributed by atoms with E-state index in [-0.39, 0.29) is 69.8 Å². The summed E-state index contributed by atoms with van der Waals surface area (Å²) in [5.41, 5.74) is 2.98. The minimum Gasteiger partial charge on any atom is -0.480 e. The molecule has 179 valence electrons. The van der Waals surface area contributed by atoms with Crippen LogP contribution in [0.3, 0.4) is 0 Å². The number of carboxylic acid groups (broad SMARTS) is 2. The van der Waals surface area contributed by atoms with E-state index >= 15 is 0 Å². The van der Waals surface area contributed by atoms with Gasteiger partial charge in [-0.15, -0.1) is 11.8 Å². The number of hydrogen-bond acceptors (Lipinski definition) is 3. The van der Waals surface area contributed by atoms with Gasteiger partial charge in [-0.1, -0.05) is 91.0 Å². The third kappa shape index (κ3) is 7.56. The number of thioether (sulfide) groups is 1. The largest absolute Gasteiger partial charge is 3.00 e. The first kappa shape index (κ1) is 34.3. The monoisotopic (exact) mass is 606 g/mol.